The van der Waals surface area contributed by atoms with Crippen LogP contribution in [0.3, 0.4) is 0 Å². The first-order chi connectivity index (χ1) is 16.9. The van der Waals surface area contributed by atoms with Gasteiger partial charge in [0.1, 0.15) is 22.9 Å². The van der Waals surface area contributed by atoms with Crippen LogP contribution in [0.1, 0.15) is 23.0 Å². The molecule has 1 aromatic heterocycles. The summed E-state index contributed by atoms with van der Waals surface area (Å²) in [6, 6.07) is 21.3. The molecule has 5 rings (SSSR count). The van der Waals surface area contributed by atoms with Crippen molar-refractivity contribution in [1.82, 2.24) is 4.90 Å². The number of thioether (sulfide) groups is 2. The van der Waals surface area contributed by atoms with Gasteiger partial charge in [-0.05, 0) is 24.1 Å². The molecule has 2 aromatic carbocycles. The van der Waals surface area contributed by atoms with Crippen molar-refractivity contribution < 1.29 is 18.7 Å². The van der Waals surface area contributed by atoms with Crippen LogP contribution in [-0.4, -0.2) is 33.9 Å². The molecule has 3 aromatic rings. The lowest BCUT2D eigenvalue weighted by Crippen LogP contribution is -2.68. The van der Waals surface area contributed by atoms with Gasteiger partial charge in [-0.1, -0.05) is 72.4 Å². The molecule has 0 saturated carbocycles. The summed E-state index contributed by atoms with van der Waals surface area (Å²) in [5, 5.41) is -0.330. The minimum atomic E-state index is -0.667. The lowest BCUT2D eigenvalue weighted by atomic mass is 10.0. The van der Waals surface area contributed by atoms with Crippen molar-refractivity contribution in [3.8, 4) is 0 Å². The van der Waals surface area contributed by atoms with Gasteiger partial charge >= 0.3 is 11.6 Å². The standard InChI is InChI=1S/C26H22N2O5S2/c1-15-12-18(13-20(29)32-15)35-19-14-34-25-21(27)24(30)28(25)22(19)26(31)33-23(16-8-4-2-5-9-16)17-10-6-3-7-11-17/h2-13,21,23,25H,14,27H2,1H3/t21-,25-/m1/s1. The molecule has 7 nitrogen and oxygen atoms in total. The number of rotatable bonds is 6. The number of β-lactam (4-membered cyclic amide) rings is 1. The number of esters is 1. The van der Waals surface area contributed by atoms with E-state index in [2.05, 4.69) is 0 Å². The number of fused-ring (bicyclic) bond motifs is 1. The summed E-state index contributed by atoms with van der Waals surface area (Å²) < 4.78 is 11.1. The van der Waals surface area contributed by atoms with E-state index < -0.39 is 23.7 Å². The fourth-order valence-electron chi connectivity index (χ4n) is 4.08. The van der Waals surface area contributed by atoms with Gasteiger partial charge in [-0.3, -0.25) is 9.69 Å². The number of aryl methyl sites for hydroxylation is 1. The average Bonchev–Trinajstić information content (AvgIpc) is 2.86. The maximum atomic E-state index is 13.7. The molecule has 0 aliphatic carbocycles. The topological polar surface area (TPSA) is 103 Å². The molecule has 178 valence electrons. The zero-order valence-electron chi connectivity index (χ0n) is 18.7. The number of nitrogens with zero attached hydrogens (tertiary/aromatic N) is 1. The van der Waals surface area contributed by atoms with Gasteiger partial charge in [0.15, 0.2) is 6.10 Å². The van der Waals surface area contributed by atoms with Crippen molar-refractivity contribution in [1.29, 1.82) is 0 Å². The van der Waals surface area contributed by atoms with Crippen molar-refractivity contribution in [3.63, 3.8) is 0 Å². The molecule has 0 spiro atoms. The van der Waals surface area contributed by atoms with E-state index in [0.29, 0.717) is 21.3 Å². The highest BCUT2D eigenvalue weighted by molar-refractivity contribution is 8.06. The Bertz CT molecular complexity index is 1320. The van der Waals surface area contributed by atoms with E-state index in [1.54, 1.807) is 13.0 Å². The van der Waals surface area contributed by atoms with Gasteiger partial charge < -0.3 is 14.9 Å². The summed E-state index contributed by atoms with van der Waals surface area (Å²) >= 11 is 2.74. The number of hydrogen-bond acceptors (Lipinski definition) is 8. The molecule has 3 heterocycles. The Balaban J connectivity index is 1.53. The normalized spacial score (nSPS) is 19.4. The molecule has 0 bridgehead atoms. The fraction of sp³-hybridized carbons (Fsp3) is 0.192. The van der Waals surface area contributed by atoms with Crippen LogP contribution in [0.15, 0.2) is 97.5 Å². The number of benzene rings is 2. The molecule has 35 heavy (non-hydrogen) atoms. The maximum absolute atomic E-state index is 13.7. The average molecular weight is 507 g/mol. The van der Waals surface area contributed by atoms with Crippen LogP contribution >= 0.6 is 23.5 Å². The largest absolute Gasteiger partial charge is 0.448 e. The fourth-order valence-corrected chi connectivity index (χ4v) is 6.60. The van der Waals surface area contributed by atoms with Crippen molar-refractivity contribution in [3.05, 3.63) is 111 Å². The molecule has 2 atom stereocenters. The number of carbonyl (C=O) groups is 2. The predicted octanol–water partition coefficient (Wildman–Crippen LogP) is 3.83. The first-order valence-electron chi connectivity index (χ1n) is 11.0. The molecule has 2 aliphatic rings. The smallest absolute Gasteiger partial charge is 0.356 e. The Morgan fingerprint density at radius 2 is 1.71 bits per heavy atom. The monoisotopic (exact) mass is 506 g/mol. The second-order valence-electron chi connectivity index (χ2n) is 8.14. The van der Waals surface area contributed by atoms with E-state index in [0.717, 1.165) is 11.1 Å². The van der Waals surface area contributed by atoms with Crippen molar-refractivity contribution in [2.24, 2.45) is 5.73 Å². The minimum absolute atomic E-state index is 0.174. The lowest BCUT2D eigenvalue weighted by molar-refractivity contribution is -0.152. The summed E-state index contributed by atoms with van der Waals surface area (Å²) in [6.45, 7) is 1.68. The van der Waals surface area contributed by atoms with Crippen molar-refractivity contribution in [2.45, 2.75) is 29.3 Å². The number of ether oxygens (including phenoxy) is 1. The molecular formula is C26H22N2O5S2. The third-order valence-electron chi connectivity index (χ3n) is 5.71. The van der Waals surface area contributed by atoms with E-state index in [4.69, 9.17) is 14.9 Å². The van der Waals surface area contributed by atoms with E-state index in [1.807, 2.05) is 60.7 Å². The summed E-state index contributed by atoms with van der Waals surface area (Å²) in [4.78, 5) is 41.0. The molecule has 1 saturated heterocycles. The summed E-state index contributed by atoms with van der Waals surface area (Å²) in [7, 11) is 0. The minimum Gasteiger partial charge on any atom is -0.448 e. The number of hydrogen-bond donors (Lipinski definition) is 1. The Kier molecular flexibility index (Phi) is 6.55. The van der Waals surface area contributed by atoms with E-state index in [-0.39, 0.29) is 17.0 Å². The van der Waals surface area contributed by atoms with E-state index >= 15 is 0 Å². The predicted molar refractivity (Wildman–Crippen MR) is 134 cm³/mol. The highest BCUT2D eigenvalue weighted by atomic mass is 32.2. The van der Waals surface area contributed by atoms with Crippen molar-refractivity contribution >= 4 is 35.4 Å². The molecule has 2 N–H and O–H groups in total. The third kappa shape index (κ3) is 4.67. The second kappa shape index (κ2) is 9.77. The Labute approximate surface area is 210 Å². The maximum Gasteiger partial charge on any atom is 0.356 e. The first kappa shape index (κ1) is 23.5. The second-order valence-corrected chi connectivity index (χ2v) is 10.4. The van der Waals surface area contributed by atoms with Crippen LogP contribution in [-0.2, 0) is 14.3 Å². The molecule has 0 radical (unpaired) electrons. The molecule has 9 heteroatoms. The Hall–Kier alpha value is -3.27. The SMILES string of the molecule is Cc1cc(SC2=C(C(=O)OC(c3ccccc3)c3ccccc3)N3C(=O)[C@@H](N)[C@H]3SC2)cc(=O)o1. The number of nitrogens with two attached hydrogens (primary N) is 1. The highest BCUT2D eigenvalue weighted by Gasteiger charge is 2.52. The number of amides is 1. The van der Waals surface area contributed by atoms with Crippen LogP contribution in [0.4, 0.5) is 0 Å². The van der Waals surface area contributed by atoms with Gasteiger partial charge in [0, 0.05) is 21.6 Å². The zero-order valence-corrected chi connectivity index (χ0v) is 20.4. The van der Waals surface area contributed by atoms with Crippen molar-refractivity contribution in [2.75, 3.05) is 5.75 Å². The molecular weight excluding hydrogens is 484 g/mol. The summed E-state index contributed by atoms with van der Waals surface area (Å²) in [6.07, 6.45) is -0.659. The molecule has 0 unspecified atom stereocenters. The van der Waals surface area contributed by atoms with Gasteiger partial charge in [-0.2, -0.15) is 0 Å². The molecule has 1 fully saturated rings. The Morgan fingerprint density at radius 3 is 2.31 bits per heavy atom. The third-order valence-corrected chi connectivity index (χ3v) is 8.24. The van der Waals surface area contributed by atoms with Gasteiger partial charge in [-0.15, -0.1) is 11.8 Å². The Morgan fingerprint density at radius 1 is 1.09 bits per heavy atom. The van der Waals surface area contributed by atoms with E-state index in [1.165, 1.54) is 34.5 Å². The van der Waals surface area contributed by atoms with Gasteiger partial charge in [0.2, 0.25) is 5.91 Å². The van der Waals surface area contributed by atoms with Gasteiger partial charge in [0.25, 0.3) is 0 Å². The van der Waals surface area contributed by atoms with E-state index in [9.17, 15) is 14.4 Å². The van der Waals surface area contributed by atoms with Crippen LogP contribution in [0.25, 0.3) is 0 Å². The molecule has 2 aliphatic heterocycles. The van der Waals surface area contributed by atoms with Crippen LogP contribution in [0.2, 0.25) is 0 Å². The lowest BCUT2D eigenvalue weighted by Gasteiger charge is -2.48. The quantitative estimate of drug-likeness (QED) is 0.398. The van der Waals surface area contributed by atoms with Gasteiger partial charge in [0.05, 0.1) is 0 Å². The first-order valence-corrected chi connectivity index (χ1v) is 12.8. The van der Waals surface area contributed by atoms with Crippen LogP contribution in [0, 0.1) is 6.92 Å². The summed E-state index contributed by atoms with van der Waals surface area (Å²) in [5.74, 6) is -0.0264. The van der Waals surface area contributed by atoms with Crippen LogP contribution in [0.5, 0.6) is 0 Å². The highest BCUT2D eigenvalue weighted by Crippen LogP contribution is 2.45. The number of carbonyl (C=O) groups excluding carboxylic acids is 2. The van der Waals surface area contributed by atoms with Gasteiger partial charge in [-0.25, -0.2) is 9.59 Å². The molecule has 1 amide bonds. The zero-order chi connectivity index (χ0) is 24.5. The van der Waals surface area contributed by atoms with Crippen LogP contribution < -0.4 is 11.4 Å². The summed E-state index contributed by atoms with van der Waals surface area (Å²) in [5.41, 5.74) is 7.33.